The van der Waals surface area contributed by atoms with Crippen LogP contribution in [0, 0.1) is 5.92 Å². The minimum atomic E-state index is -0.748. The zero-order chi connectivity index (χ0) is 17.5. The van der Waals surface area contributed by atoms with Crippen LogP contribution in [0.5, 0.6) is 0 Å². The number of aromatic nitrogens is 2. The first-order chi connectivity index (χ1) is 11.2. The molecule has 0 saturated carbocycles. The van der Waals surface area contributed by atoms with Gasteiger partial charge in [0.05, 0.1) is 5.92 Å². The standard InChI is InChI=1S/C17H25N3O4/c1-17(2,3)24-16(23)19-7-6-11(9-19)14-18-8-13-5-4-12(15(21)22)10-20(13)14/h8,11-12H,4-7,9-10H2,1-3H3,(H,21,22). The van der Waals surface area contributed by atoms with Crippen molar-refractivity contribution in [2.45, 2.75) is 58.1 Å². The van der Waals surface area contributed by atoms with Crippen molar-refractivity contribution in [2.24, 2.45) is 5.92 Å². The summed E-state index contributed by atoms with van der Waals surface area (Å²) in [5.74, 6) is -0.0586. The molecule has 7 heteroatoms. The smallest absolute Gasteiger partial charge is 0.410 e. The van der Waals surface area contributed by atoms with E-state index in [1.165, 1.54) is 0 Å². The second-order valence-electron chi connectivity index (χ2n) is 7.70. The number of carboxylic acid groups (broad SMARTS) is 1. The largest absolute Gasteiger partial charge is 0.481 e. The number of hydrogen-bond acceptors (Lipinski definition) is 4. The number of carbonyl (C=O) groups excluding carboxylic acids is 1. The van der Waals surface area contributed by atoms with Crippen LogP contribution in [-0.2, 0) is 22.5 Å². The van der Waals surface area contributed by atoms with Gasteiger partial charge in [0, 0.05) is 37.4 Å². The average molecular weight is 335 g/mol. The van der Waals surface area contributed by atoms with E-state index >= 15 is 0 Å². The van der Waals surface area contributed by atoms with Crippen molar-refractivity contribution in [3.8, 4) is 0 Å². The van der Waals surface area contributed by atoms with E-state index in [4.69, 9.17) is 4.74 Å². The maximum absolute atomic E-state index is 12.2. The molecule has 0 radical (unpaired) electrons. The Morgan fingerprint density at radius 2 is 2.04 bits per heavy atom. The number of hydrogen-bond donors (Lipinski definition) is 1. The lowest BCUT2D eigenvalue weighted by Gasteiger charge is -2.25. The summed E-state index contributed by atoms with van der Waals surface area (Å²) < 4.78 is 7.48. The SMILES string of the molecule is CC(C)(C)OC(=O)N1CCC(c2ncc3n2CC(C(=O)O)CC3)C1. The van der Waals surface area contributed by atoms with Gasteiger partial charge in [-0.3, -0.25) is 4.79 Å². The van der Waals surface area contributed by atoms with Crippen molar-refractivity contribution in [1.82, 2.24) is 14.5 Å². The topological polar surface area (TPSA) is 84.7 Å². The molecule has 0 aromatic carbocycles. The molecule has 1 fully saturated rings. The lowest BCUT2D eigenvalue weighted by atomic mass is 9.97. The Kier molecular flexibility index (Phi) is 4.27. The quantitative estimate of drug-likeness (QED) is 0.896. The molecule has 2 aliphatic heterocycles. The zero-order valence-electron chi connectivity index (χ0n) is 14.5. The Morgan fingerprint density at radius 3 is 2.71 bits per heavy atom. The number of nitrogens with zero attached hydrogens (tertiary/aromatic N) is 3. The maximum atomic E-state index is 12.2. The molecule has 1 aromatic heterocycles. The number of aliphatic carboxylic acids is 1. The van der Waals surface area contributed by atoms with Gasteiger partial charge in [-0.05, 0) is 40.0 Å². The van der Waals surface area contributed by atoms with Crippen LogP contribution in [0.3, 0.4) is 0 Å². The Balaban J connectivity index is 1.70. The first kappa shape index (κ1) is 16.8. The summed E-state index contributed by atoms with van der Waals surface area (Å²) in [5, 5.41) is 9.28. The fraction of sp³-hybridized carbons (Fsp3) is 0.706. The van der Waals surface area contributed by atoms with E-state index in [0.29, 0.717) is 26.1 Å². The summed E-state index contributed by atoms with van der Waals surface area (Å²) in [6.45, 7) is 7.26. The third kappa shape index (κ3) is 3.39. The van der Waals surface area contributed by atoms with E-state index in [1.807, 2.05) is 31.5 Å². The molecule has 3 rings (SSSR count). The van der Waals surface area contributed by atoms with Gasteiger partial charge in [-0.2, -0.15) is 0 Å². The highest BCUT2D eigenvalue weighted by atomic mass is 16.6. The lowest BCUT2D eigenvalue weighted by molar-refractivity contribution is -0.142. The van der Waals surface area contributed by atoms with Gasteiger partial charge in [-0.25, -0.2) is 9.78 Å². The van der Waals surface area contributed by atoms with E-state index in [9.17, 15) is 14.7 Å². The van der Waals surface area contributed by atoms with Crippen molar-refractivity contribution in [1.29, 1.82) is 0 Å². The number of aryl methyl sites for hydroxylation is 1. The second-order valence-corrected chi connectivity index (χ2v) is 7.70. The van der Waals surface area contributed by atoms with Crippen LogP contribution in [0.15, 0.2) is 6.20 Å². The van der Waals surface area contributed by atoms with E-state index in [0.717, 1.165) is 24.4 Å². The molecule has 0 aliphatic carbocycles. The summed E-state index contributed by atoms with van der Waals surface area (Å²) in [7, 11) is 0. The van der Waals surface area contributed by atoms with Crippen LogP contribution in [0.25, 0.3) is 0 Å². The fourth-order valence-electron chi connectivity index (χ4n) is 3.46. The predicted molar refractivity (Wildman–Crippen MR) is 86.8 cm³/mol. The Bertz CT molecular complexity index is 647. The molecule has 24 heavy (non-hydrogen) atoms. The zero-order valence-corrected chi connectivity index (χ0v) is 14.5. The number of amides is 1. The third-order valence-electron chi connectivity index (χ3n) is 4.68. The van der Waals surface area contributed by atoms with Gasteiger partial charge in [-0.1, -0.05) is 0 Å². The molecule has 3 heterocycles. The lowest BCUT2D eigenvalue weighted by Crippen LogP contribution is -2.35. The fourth-order valence-corrected chi connectivity index (χ4v) is 3.46. The van der Waals surface area contributed by atoms with Gasteiger partial charge < -0.3 is 19.3 Å². The van der Waals surface area contributed by atoms with E-state index in [2.05, 4.69) is 4.98 Å². The minimum Gasteiger partial charge on any atom is -0.481 e. The molecule has 2 aliphatic rings. The molecule has 1 N–H and O–H groups in total. The summed E-state index contributed by atoms with van der Waals surface area (Å²) >= 11 is 0. The Hall–Kier alpha value is -2.05. The number of ether oxygens (including phenoxy) is 1. The predicted octanol–water partition coefficient (Wildman–Crippen LogP) is 2.25. The molecule has 132 valence electrons. The highest BCUT2D eigenvalue weighted by molar-refractivity contribution is 5.70. The van der Waals surface area contributed by atoms with Gasteiger partial charge >= 0.3 is 12.1 Å². The van der Waals surface area contributed by atoms with Crippen LogP contribution in [0.4, 0.5) is 4.79 Å². The maximum Gasteiger partial charge on any atom is 0.410 e. The molecule has 0 spiro atoms. The van der Waals surface area contributed by atoms with Crippen LogP contribution < -0.4 is 0 Å². The van der Waals surface area contributed by atoms with Gasteiger partial charge in [0.2, 0.25) is 0 Å². The van der Waals surface area contributed by atoms with Crippen LogP contribution >= 0.6 is 0 Å². The number of carboxylic acids is 1. The minimum absolute atomic E-state index is 0.138. The monoisotopic (exact) mass is 335 g/mol. The molecule has 1 saturated heterocycles. The third-order valence-corrected chi connectivity index (χ3v) is 4.68. The molecular formula is C17H25N3O4. The van der Waals surface area contributed by atoms with Crippen molar-refractivity contribution in [2.75, 3.05) is 13.1 Å². The summed E-state index contributed by atoms with van der Waals surface area (Å²) in [5.41, 5.74) is 0.592. The molecule has 2 unspecified atom stereocenters. The second kappa shape index (κ2) is 6.11. The van der Waals surface area contributed by atoms with E-state index in [-0.39, 0.29) is 17.9 Å². The first-order valence-electron chi connectivity index (χ1n) is 8.49. The van der Waals surface area contributed by atoms with Crippen LogP contribution in [-0.4, -0.2) is 50.3 Å². The van der Waals surface area contributed by atoms with Gasteiger partial charge in [0.1, 0.15) is 11.4 Å². The number of imidazole rings is 1. The number of rotatable bonds is 2. The Labute approximate surface area is 141 Å². The van der Waals surface area contributed by atoms with E-state index < -0.39 is 11.6 Å². The van der Waals surface area contributed by atoms with E-state index in [1.54, 1.807) is 4.90 Å². The average Bonchev–Trinajstić information content (AvgIpc) is 3.11. The first-order valence-corrected chi connectivity index (χ1v) is 8.49. The van der Waals surface area contributed by atoms with Gasteiger partial charge in [0.25, 0.3) is 0 Å². The number of carbonyl (C=O) groups is 2. The van der Waals surface area contributed by atoms with Crippen LogP contribution in [0.1, 0.15) is 51.0 Å². The van der Waals surface area contributed by atoms with Crippen molar-refractivity contribution in [3.63, 3.8) is 0 Å². The molecule has 7 nitrogen and oxygen atoms in total. The summed E-state index contributed by atoms with van der Waals surface area (Å²) in [6.07, 6.45) is 3.79. The number of likely N-dealkylation sites (tertiary alicyclic amines) is 1. The van der Waals surface area contributed by atoms with Gasteiger partial charge in [0.15, 0.2) is 0 Å². The molecule has 1 aromatic rings. The Morgan fingerprint density at radius 1 is 1.29 bits per heavy atom. The van der Waals surface area contributed by atoms with Crippen LogP contribution in [0.2, 0.25) is 0 Å². The summed E-state index contributed by atoms with van der Waals surface area (Å²) in [6, 6.07) is 0. The number of fused-ring (bicyclic) bond motifs is 1. The van der Waals surface area contributed by atoms with Crippen molar-refractivity contribution >= 4 is 12.1 Å². The highest BCUT2D eigenvalue weighted by Crippen LogP contribution is 2.31. The van der Waals surface area contributed by atoms with Crippen molar-refractivity contribution < 1.29 is 19.4 Å². The molecule has 0 bridgehead atoms. The van der Waals surface area contributed by atoms with Crippen molar-refractivity contribution in [3.05, 3.63) is 17.7 Å². The molecular weight excluding hydrogens is 310 g/mol. The molecule has 2 atom stereocenters. The molecule has 1 amide bonds. The summed E-state index contributed by atoms with van der Waals surface area (Å²) in [4.78, 5) is 29.7. The normalized spacial score (nSPS) is 23.9. The highest BCUT2D eigenvalue weighted by Gasteiger charge is 2.35. The van der Waals surface area contributed by atoms with Gasteiger partial charge in [-0.15, -0.1) is 0 Å².